The molecule has 0 amide bonds. The second-order valence-electron chi connectivity index (χ2n) is 6.22. The van der Waals surface area contributed by atoms with E-state index >= 15 is 0 Å². The molecule has 1 aliphatic rings. The number of ether oxygens (including phenoxy) is 2. The molecule has 0 radical (unpaired) electrons. The fourth-order valence-corrected chi connectivity index (χ4v) is 3.56. The van der Waals surface area contributed by atoms with Crippen LogP contribution in [0, 0.1) is 0 Å². The lowest BCUT2D eigenvalue weighted by molar-refractivity contribution is 0.171. The van der Waals surface area contributed by atoms with Gasteiger partial charge in [0.2, 0.25) is 0 Å². The SMILES string of the molecule is CN(C)CCNc1ccc(NS(=O)(=O)c2ccc3c(c2)OCCO3)cc1. The number of fused-ring (bicyclic) bond motifs is 1. The van der Waals surface area contributed by atoms with Crippen LogP contribution in [-0.2, 0) is 10.0 Å². The molecular formula is C18H23N3O4S. The highest BCUT2D eigenvalue weighted by molar-refractivity contribution is 7.92. The van der Waals surface area contributed by atoms with Gasteiger partial charge in [0.05, 0.1) is 4.90 Å². The van der Waals surface area contributed by atoms with Crippen molar-refractivity contribution in [3.63, 3.8) is 0 Å². The molecule has 140 valence electrons. The Hall–Kier alpha value is -2.45. The molecular weight excluding hydrogens is 354 g/mol. The number of nitrogens with zero attached hydrogens (tertiary/aromatic N) is 1. The largest absolute Gasteiger partial charge is 0.486 e. The highest BCUT2D eigenvalue weighted by Crippen LogP contribution is 2.32. The quantitative estimate of drug-likeness (QED) is 0.770. The fraction of sp³-hybridized carbons (Fsp3) is 0.333. The average Bonchev–Trinajstić information content (AvgIpc) is 2.62. The first-order valence-electron chi connectivity index (χ1n) is 8.35. The van der Waals surface area contributed by atoms with Gasteiger partial charge in [-0.2, -0.15) is 0 Å². The van der Waals surface area contributed by atoms with Crippen molar-refractivity contribution in [3.05, 3.63) is 42.5 Å². The van der Waals surface area contributed by atoms with Gasteiger partial charge in [-0.1, -0.05) is 0 Å². The van der Waals surface area contributed by atoms with E-state index in [1.54, 1.807) is 18.2 Å². The lowest BCUT2D eigenvalue weighted by Crippen LogP contribution is -2.20. The second-order valence-corrected chi connectivity index (χ2v) is 7.90. The minimum atomic E-state index is -3.70. The number of anilines is 2. The summed E-state index contributed by atoms with van der Waals surface area (Å²) in [6.07, 6.45) is 0. The van der Waals surface area contributed by atoms with Crippen molar-refractivity contribution in [2.45, 2.75) is 4.90 Å². The predicted molar refractivity (Wildman–Crippen MR) is 102 cm³/mol. The molecule has 0 saturated heterocycles. The van der Waals surface area contributed by atoms with Gasteiger partial charge in [-0.15, -0.1) is 0 Å². The van der Waals surface area contributed by atoms with Crippen molar-refractivity contribution in [1.82, 2.24) is 4.90 Å². The molecule has 0 fully saturated rings. The monoisotopic (exact) mass is 377 g/mol. The highest BCUT2D eigenvalue weighted by Gasteiger charge is 2.19. The van der Waals surface area contributed by atoms with Crippen molar-refractivity contribution in [2.24, 2.45) is 0 Å². The van der Waals surface area contributed by atoms with Crippen molar-refractivity contribution in [1.29, 1.82) is 0 Å². The van der Waals surface area contributed by atoms with Crippen LogP contribution in [0.5, 0.6) is 11.5 Å². The maximum absolute atomic E-state index is 12.6. The number of likely N-dealkylation sites (N-methyl/N-ethyl adjacent to an activating group) is 1. The van der Waals surface area contributed by atoms with Gasteiger partial charge in [0.25, 0.3) is 10.0 Å². The number of hydrogen-bond donors (Lipinski definition) is 2. The minimum absolute atomic E-state index is 0.134. The fourth-order valence-electron chi connectivity index (χ4n) is 2.48. The normalized spacial score (nSPS) is 13.5. The first-order chi connectivity index (χ1) is 12.4. The first-order valence-corrected chi connectivity index (χ1v) is 9.83. The van der Waals surface area contributed by atoms with Crippen LogP contribution in [0.15, 0.2) is 47.4 Å². The molecule has 0 spiro atoms. The Morgan fingerprint density at radius 2 is 1.62 bits per heavy atom. The molecule has 2 N–H and O–H groups in total. The third kappa shape index (κ3) is 4.59. The lowest BCUT2D eigenvalue weighted by Gasteiger charge is -2.19. The summed E-state index contributed by atoms with van der Waals surface area (Å²) in [4.78, 5) is 2.22. The van der Waals surface area contributed by atoms with Gasteiger partial charge in [-0.3, -0.25) is 4.72 Å². The van der Waals surface area contributed by atoms with E-state index in [0.29, 0.717) is 30.4 Å². The molecule has 0 unspecified atom stereocenters. The molecule has 0 saturated carbocycles. The van der Waals surface area contributed by atoms with E-state index in [1.165, 1.54) is 12.1 Å². The Morgan fingerprint density at radius 3 is 2.31 bits per heavy atom. The van der Waals surface area contributed by atoms with Gasteiger partial charge in [-0.25, -0.2) is 8.42 Å². The van der Waals surface area contributed by atoms with E-state index in [1.807, 2.05) is 26.2 Å². The molecule has 2 aromatic carbocycles. The summed E-state index contributed by atoms with van der Waals surface area (Å²) in [7, 11) is 0.322. The molecule has 7 nitrogen and oxygen atoms in total. The second kappa shape index (κ2) is 7.84. The zero-order chi connectivity index (χ0) is 18.6. The summed E-state index contributed by atoms with van der Waals surface area (Å²) in [6.45, 7) is 2.60. The maximum atomic E-state index is 12.6. The van der Waals surface area contributed by atoms with E-state index in [2.05, 4.69) is 14.9 Å². The van der Waals surface area contributed by atoms with Gasteiger partial charge in [-0.05, 0) is 50.5 Å². The summed E-state index contributed by atoms with van der Waals surface area (Å²) < 4.78 is 38.6. The Bertz CT molecular complexity index is 851. The maximum Gasteiger partial charge on any atom is 0.262 e. The zero-order valence-corrected chi connectivity index (χ0v) is 15.7. The van der Waals surface area contributed by atoms with Crippen molar-refractivity contribution in [3.8, 4) is 11.5 Å². The number of nitrogens with one attached hydrogen (secondary N) is 2. The van der Waals surface area contributed by atoms with Gasteiger partial charge in [0.1, 0.15) is 13.2 Å². The Kier molecular flexibility index (Phi) is 5.53. The van der Waals surface area contributed by atoms with E-state index in [0.717, 1.165) is 18.8 Å². The molecule has 1 aliphatic heterocycles. The molecule has 1 heterocycles. The van der Waals surface area contributed by atoms with Crippen LogP contribution in [0.25, 0.3) is 0 Å². The Morgan fingerprint density at radius 1 is 0.962 bits per heavy atom. The highest BCUT2D eigenvalue weighted by atomic mass is 32.2. The summed E-state index contributed by atoms with van der Waals surface area (Å²) in [5.74, 6) is 1.00. The number of rotatable bonds is 7. The third-order valence-electron chi connectivity index (χ3n) is 3.85. The molecule has 0 aliphatic carbocycles. The molecule has 26 heavy (non-hydrogen) atoms. The summed E-state index contributed by atoms with van der Waals surface area (Å²) in [5.41, 5.74) is 1.44. The summed E-state index contributed by atoms with van der Waals surface area (Å²) >= 11 is 0. The lowest BCUT2D eigenvalue weighted by atomic mass is 10.3. The van der Waals surface area contributed by atoms with Gasteiger partial charge < -0.3 is 19.7 Å². The topological polar surface area (TPSA) is 79.9 Å². The number of hydrogen-bond acceptors (Lipinski definition) is 6. The standard InChI is InChI=1S/C18H23N3O4S/c1-21(2)10-9-19-14-3-5-15(6-4-14)20-26(22,23)16-7-8-17-18(13-16)25-12-11-24-17/h3-8,13,19-20H,9-12H2,1-2H3. The van der Waals surface area contributed by atoms with Crippen LogP contribution in [0.3, 0.4) is 0 Å². The van der Waals surface area contributed by atoms with Crippen LogP contribution in [-0.4, -0.2) is 53.7 Å². The predicted octanol–water partition coefficient (Wildman–Crippen LogP) is 2.23. The Balaban J connectivity index is 1.67. The molecule has 0 atom stereocenters. The number of sulfonamides is 1. The van der Waals surface area contributed by atoms with E-state index in [4.69, 9.17) is 9.47 Å². The van der Waals surface area contributed by atoms with Crippen molar-refractivity contribution >= 4 is 21.4 Å². The smallest absolute Gasteiger partial charge is 0.262 e. The minimum Gasteiger partial charge on any atom is -0.486 e. The molecule has 3 rings (SSSR count). The van der Waals surface area contributed by atoms with Crippen LogP contribution < -0.4 is 19.5 Å². The first kappa shape index (κ1) is 18.3. The van der Waals surface area contributed by atoms with Crippen molar-refractivity contribution in [2.75, 3.05) is 50.4 Å². The molecule has 0 bridgehead atoms. The van der Waals surface area contributed by atoms with Crippen molar-refractivity contribution < 1.29 is 17.9 Å². The van der Waals surface area contributed by atoms with Gasteiger partial charge >= 0.3 is 0 Å². The molecule has 2 aromatic rings. The van der Waals surface area contributed by atoms with E-state index < -0.39 is 10.0 Å². The van der Waals surface area contributed by atoms with E-state index in [9.17, 15) is 8.42 Å². The van der Waals surface area contributed by atoms with Crippen LogP contribution in [0.2, 0.25) is 0 Å². The third-order valence-corrected chi connectivity index (χ3v) is 5.23. The number of benzene rings is 2. The Labute approximate surface area is 154 Å². The average molecular weight is 377 g/mol. The van der Waals surface area contributed by atoms with E-state index in [-0.39, 0.29) is 4.90 Å². The van der Waals surface area contributed by atoms with Gasteiger partial charge in [0, 0.05) is 30.5 Å². The summed E-state index contributed by atoms with van der Waals surface area (Å²) in [5, 5.41) is 3.28. The van der Waals surface area contributed by atoms with Gasteiger partial charge in [0.15, 0.2) is 11.5 Å². The molecule has 8 heteroatoms. The molecule has 0 aromatic heterocycles. The summed E-state index contributed by atoms with van der Waals surface area (Å²) in [6, 6.07) is 11.7. The van der Waals surface area contributed by atoms with Crippen LogP contribution >= 0.6 is 0 Å². The van der Waals surface area contributed by atoms with Crippen LogP contribution in [0.1, 0.15) is 0 Å². The van der Waals surface area contributed by atoms with Crippen LogP contribution in [0.4, 0.5) is 11.4 Å². The zero-order valence-electron chi connectivity index (χ0n) is 14.9.